The molecule has 0 atom stereocenters. The van der Waals surface area contributed by atoms with Crippen LogP contribution < -0.4 is 0 Å². The molecule has 13 heavy (non-hydrogen) atoms. The maximum absolute atomic E-state index is 10.9. The highest BCUT2D eigenvalue weighted by atomic mass is 35.5. The Bertz CT molecular complexity index is 302. The van der Waals surface area contributed by atoms with Crippen molar-refractivity contribution in [3.8, 4) is 5.75 Å². The molecular formula is C9H9ClO3. The van der Waals surface area contributed by atoms with Crippen LogP contribution in [0.5, 0.6) is 5.75 Å². The van der Waals surface area contributed by atoms with Gasteiger partial charge in [-0.3, -0.25) is 4.79 Å². The minimum Gasteiger partial charge on any atom is -0.508 e. The maximum atomic E-state index is 10.9. The molecule has 1 aromatic rings. The third kappa shape index (κ3) is 2.95. The summed E-state index contributed by atoms with van der Waals surface area (Å²) in [7, 11) is 1.31. The van der Waals surface area contributed by atoms with E-state index >= 15 is 0 Å². The predicted octanol–water partition coefficient (Wildman–Crippen LogP) is 1.76. The average Bonchev–Trinajstić information content (AvgIpc) is 2.02. The quantitative estimate of drug-likeness (QED) is 0.740. The first-order chi connectivity index (χ1) is 6.11. The topological polar surface area (TPSA) is 46.5 Å². The number of hydrogen-bond acceptors (Lipinski definition) is 3. The second kappa shape index (κ2) is 4.14. The molecule has 70 valence electrons. The van der Waals surface area contributed by atoms with Crippen LogP contribution in [0, 0.1) is 0 Å². The van der Waals surface area contributed by atoms with Crippen molar-refractivity contribution in [3.05, 3.63) is 28.8 Å². The number of phenols is 1. The first-order valence-electron chi connectivity index (χ1n) is 3.67. The molecule has 1 N–H and O–H groups in total. The molecule has 0 heterocycles. The van der Waals surface area contributed by atoms with E-state index in [4.69, 9.17) is 16.7 Å². The summed E-state index contributed by atoms with van der Waals surface area (Å²) in [6.07, 6.45) is 0.116. The molecule has 3 nitrogen and oxygen atoms in total. The van der Waals surface area contributed by atoms with Gasteiger partial charge in [0.05, 0.1) is 13.5 Å². The summed E-state index contributed by atoms with van der Waals surface area (Å²) >= 11 is 5.66. The Labute approximate surface area is 80.9 Å². The molecule has 0 spiro atoms. The lowest BCUT2D eigenvalue weighted by molar-refractivity contribution is -0.139. The zero-order valence-corrected chi connectivity index (χ0v) is 7.84. The number of rotatable bonds is 2. The van der Waals surface area contributed by atoms with E-state index in [2.05, 4.69) is 4.74 Å². The van der Waals surface area contributed by atoms with Crippen molar-refractivity contribution in [1.82, 2.24) is 0 Å². The second-order valence-electron chi connectivity index (χ2n) is 2.57. The van der Waals surface area contributed by atoms with E-state index in [0.29, 0.717) is 10.6 Å². The summed E-state index contributed by atoms with van der Waals surface area (Å²) in [4.78, 5) is 10.9. The first kappa shape index (κ1) is 9.86. The first-order valence-corrected chi connectivity index (χ1v) is 4.05. The van der Waals surface area contributed by atoms with E-state index in [1.54, 1.807) is 6.07 Å². The number of ether oxygens (including phenoxy) is 1. The van der Waals surface area contributed by atoms with Gasteiger partial charge in [0.25, 0.3) is 0 Å². The summed E-state index contributed by atoms with van der Waals surface area (Å²) in [5, 5.41) is 9.54. The molecule has 0 bridgehead atoms. The third-order valence-electron chi connectivity index (χ3n) is 1.52. The molecule has 1 rings (SSSR count). The van der Waals surface area contributed by atoms with Crippen LogP contribution in [0.25, 0.3) is 0 Å². The molecule has 0 aliphatic heterocycles. The number of esters is 1. The van der Waals surface area contributed by atoms with E-state index in [9.17, 15) is 4.79 Å². The van der Waals surface area contributed by atoms with Crippen molar-refractivity contribution in [2.45, 2.75) is 6.42 Å². The van der Waals surface area contributed by atoms with Gasteiger partial charge in [0, 0.05) is 5.02 Å². The fraction of sp³-hybridized carbons (Fsp3) is 0.222. The smallest absolute Gasteiger partial charge is 0.309 e. The van der Waals surface area contributed by atoms with Gasteiger partial charge < -0.3 is 9.84 Å². The monoisotopic (exact) mass is 200 g/mol. The predicted molar refractivity (Wildman–Crippen MR) is 48.8 cm³/mol. The van der Waals surface area contributed by atoms with E-state index in [0.717, 1.165) is 0 Å². The molecule has 0 aliphatic carbocycles. The Morgan fingerprint density at radius 1 is 1.54 bits per heavy atom. The van der Waals surface area contributed by atoms with E-state index < -0.39 is 0 Å². The number of benzene rings is 1. The summed E-state index contributed by atoms with van der Waals surface area (Å²) in [5.41, 5.74) is 0.636. The summed E-state index contributed by atoms with van der Waals surface area (Å²) in [6, 6.07) is 4.49. The number of hydrogen-bond donors (Lipinski definition) is 1. The lowest BCUT2D eigenvalue weighted by atomic mass is 10.1. The second-order valence-corrected chi connectivity index (χ2v) is 3.01. The molecule has 0 fully saturated rings. The Hall–Kier alpha value is -1.22. The Morgan fingerprint density at radius 3 is 2.77 bits per heavy atom. The Balaban J connectivity index is 2.83. The van der Waals surface area contributed by atoms with Crippen LogP contribution in [0.2, 0.25) is 5.02 Å². The molecule has 0 unspecified atom stereocenters. The minimum absolute atomic E-state index is 0.0476. The molecule has 0 saturated carbocycles. The summed E-state index contributed by atoms with van der Waals surface area (Å²) in [6.45, 7) is 0. The van der Waals surface area contributed by atoms with Crippen LogP contribution in [0.4, 0.5) is 0 Å². The lowest BCUT2D eigenvalue weighted by Gasteiger charge is -2.01. The molecule has 0 aliphatic rings. The summed E-state index contributed by atoms with van der Waals surface area (Å²) < 4.78 is 4.47. The number of halogens is 1. The van der Waals surface area contributed by atoms with Gasteiger partial charge in [-0.25, -0.2) is 0 Å². The fourth-order valence-electron chi connectivity index (χ4n) is 0.974. The van der Waals surface area contributed by atoms with Crippen LogP contribution in [0.3, 0.4) is 0 Å². The van der Waals surface area contributed by atoms with E-state index in [1.165, 1.54) is 19.2 Å². The van der Waals surface area contributed by atoms with Crippen LogP contribution in [0.1, 0.15) is 5.56 Å². The van der Waals surface area contributed by atoms with Crippen LogP contribution >= 0.6 is 11.6 Å². The van der Waals surface area contributed by atoms with Crippen LogP contribution in [-0.2, 0) is 16.0 Å². The van der Waals surface area contributed by atoms with Gasteiger partial charge >= 0.3 is 5.97 Å². The van der Waals surface area contributed by atoms with Gasteiger partial charge in [-0.15, -0.1) is 0 Å². The van der Waals surface area contributed by atoms with Gasteiger partial charge in [-0.2, -0.15) is 0 Å². The lowest BCUT2D eigenvalue weighted by Crippen LogP contribution is -2.04. The highest BCUT2D eigenvalue weighted by Gasteiger charge is 2.04. The Morgan fingerprint density at radius 2 is 2.23 bits per heavy atom. The van der Waals surface area contributed by atoms with Crippen LogP contribution in [-0.4, -0.2) is 18.2 Å². The Kier molecular flexibility index (Phi) is 3.14. The van der Waals surface area contributed by atoms with Crippen molar-refractivity contribution < 1.29 is 14.6 Å². The highest BCUT2D eigenvalue weighted by molar-refractivity contribution is 6.30. The van der Waals surface area contributed by atoms with E-state index in [1.807, 2.05) is 0 Å². The molecule has 0 aromatic heterocycles. The average molecular weight is 201 g/mol. The van der Waals surface area contributed by atoms with Gasteiger partial charge in [-0.05, 0) is 23.8 Å². The third-order valence-corrected chi connectivity index (χ3v) is 1.74. The molecule has 4 heteroatoms. The molecule has 0 radical (unpaired) electrons. The van der Waals surface area contributed by atoms with Crippen molar-refractivity contribution in [2.75, 3.05) is 7.11 Å². The zero-order chi connectivity index (χ0) is 9.84. The zero-order valence-electron chi connectivity index (χ0n) is 7.08. The number of phenolic OH excluding ortho intramolecular Hbond substituents is 1. The van der Waals surface area contributed by atoms with Gasteiger partial charge in [-0.1, -0.05) is 11.6 Å². The highest BCUT2D eigenvalue weighted by Crippen LogP contribution is 2.19. The van der Waals surface area contributed by atoms with Gasteiger partial charge in [0.1, 0.15) is 5.75 Å². The number of carbonyl (C=O) groups is 1. The normalized spacial score (nSPS) is 9.69. The fourth-order valence-corrected chi connectivity index (χ4v) is 1.23. The van der Waals surface area contributed by atoms with Crippen molar-refractivity contribution in [2.24, 2.45) is 0 Å². The largest absolute Gasteiger partial charge is 0.508 e. The molecule has 0 amide bonds. The minimum atomic E-state index is -0.360. The van der Waals surface area contributed by atoms with Gasteiger partial charge in [0.15, 0.2) is 0 Å². The van der Waals surface area contributed by atoms with Crippen molar-refractivity contribution in [1.29, 1.82) is 0 Å². The number of aromatic hydroxyl groups is 1. The molecule has 0 saturated heterocycles. The molecular weight excluding hydrogens is 192 g/mol. The molecule has 1 aromatic carbocycles. The van der Waals surface area contributed by atoms with Crippen molar-refractivity contribution in [3.63, 3.8) is 0 Å². The van der Waals surface area contributed by atoms with Crippen LogP contribution in [0.15, 0.2) is 18.2 Å². The van der Waals surface area contributed by atoms with Gasteiger partial charge in [0.2, 0.25) is 0 Å². The summed E-state index contributed by atoms with van der Waals surface area (Å²) in [5.74, 6) is -0.312. The SMILES string of the molecule is COC(=O)Cc1cc(O)cc(Cl)c1. The van der Waals surface area contributed by atoms with Crippen molar-refractivity contribution >= 4 is 17.6 Å². The standard InChI is InChI=1S/C9H9ClO3/c1-13-9(12)4-6-2-7(10)5-8(11)3-6/h2-3,5,11H,4H2,1H3. The number of carbonyl (C=O) groups excluding carboxylic acids is 1. The number of methoxy groups -OCH3 is 1. The van der Waals surface area contributed by atoms with E-state index in [-0.39, 0.29) is 18.1 Å². The maximum Gasteiger partial charge on any atom is 0.309 e.